The van der Waals surface area contributed by atoms with Crippen molar-refractivity contribution in [1.82, 2.24) is 4.72 Å². The fraction of sp³-hybridized carbons (Fsp3) is 0.333. The van der Waals surface area contributed by atoms with Gasteiger partial charge in [0, 0.05) is 13.7 Å². The highest BCUT2D eigenvalue weighted by atomic mass is 32.2. The van der Waals surface area contributed by atoms with Crippen LogP contribution in [0.3, 0.4) is 0 Å². The highest BCUT2D eigenvalue weighted by molar-refractivity contribution is 7.89. The van der Waals surface area contributed by atoms with Crippen LogP contribution in [0.2, 0.25) is 0 Å². The molecule has 0 saturated heterocycles. The number of rotatable bonds is 7. The van der Waals surface area contributed by atoms with E-state index in [0.29, 0.717) is 0 Å². The Morgan fingerprint density at radius 2 is 2.24 bits per heavy atom. The number of hydrogen-bond donors (Lipinski definition) is 2. The van der Waals surface area contributed by atoms with Gasteiger partial charge in [-0.3, -0.25) is 4.79 Å². The molecule has 0 amide bonds. The molecule has 0 aliphatic carbocycles. The molecule has 1 aromatic carbocycles. The number of nitrogens with zero attached hydrogens (tertiary/aromatic N) is 1. The molecule has 1 atom stereocenters. The van der Waals surface area contributed by atoms with Crippen LogP contribution in [0.5, 0.6) is 0 Å². The molecule has 114 valence electrons. The quantitative estimate of drug-likeness (QED) is 0.755. The van der Waals surface area contributed by atoms with Gasteiger partial charge in [-0.1, -0.05) is 0 Å². The lowest BCUT2D eigenvalue weighted by molar-refractivity contribution is -0.139. The number of hydrogen-bond acceptors (Lipinski definition) is 5. The third-order valence-corrected chi connectivity index (χ3v) is 4.04. The number of carboxylic acids is 1. The minimum absolute atomic E-state index is 0.0480. The van der Waals surface area contributed by atoms with E-state index >= 15 is 0 Å². The molecule has 0 aromatic heterocycles. The van der Waals surface area contributed by atoms with Crippen molar-refractivity contribution < 1.29 is 27.4 Å². The topological polar surface area (TPSA) is 116 Å². The van der Waals surface area contributed by atoms with E-state index in [2.05, 4.69) is 0 Å². The van der Waals surface area contributed by atoms with Crippen LogP contribution in [0.15, 0.2) is 23.1 Å². The van der Waals surface area contributed by atoms with Crippen molar-refractivity contribution in [3.05, 3.63) is 29.6 Å². The summed E-state index contributed by atoms with van der Waals surface area (Å²) >= 11 is 0. The lowest BCUT2D eigenvalue weighted by Gasteiger charge is -2.14. The van der Waals surface area contributed by atoms with Gasteiger partial charge < -0.3 is 9.84 Å². The first kappa shape index (κ1) is 17.0. The maximum Gasteiger partial charge on any atom is 0.321 e. The standard InChI is InChI=1S/C12H13FN2O5S/c1-20-5-4-11(12(16)17)15-21(18,19)9-2-3-10(13)8(6-9)7-14/h2-3,6,11,15H,4-5H2,1H3,(H,16,17). The minimum atomic E-state index is -4.19. The van der Waals surface area contributed by atoms with E-state index in [1.165, 1.54) is 13.2 Å². The Kier molecular flexibility index (Phi) is 5.78. The number of carbonyl (C=O) groups is 1. The van der Waals surface area contributed by atoms with Crippen molar-refractivity contribution in [2.45, 2.75) is 17.4 Å². The van der Waals surface area contributed by atoms with Gasteiger partial charge in [0.1, 0.15) is 17.9 Å². The van der Waals surface area contributed by atoms with Crippen LogP contribution in [0, 0.1) is 17.1 Å². The number of sulfonamides is 1. The van der Waals surface area contributed by atoms with Crippen molar-refractivity contribution in [3.63, 3.8) is 0 Å². The fourth-order valence-corrected chi connectivity index (χ4v) is 2.73. The lowest BCUT2D eigenvalue weighted by atomic mass is 10.2. The number of carboxylic acid groups (broad SMARTS) is 1. The smallest absolute Gasteiger partial charge is 0.321 e. The number of ether oxygens (including phenoxy) is 1. The molecule has 9 heteroatoms. The van der Waals surface area contributed by atoms with Crippen LogP contribution < -0.4 is 4.72 Å². The summed E-state index contributed by atoms with van der Waals surface area (Å²) in [6.07, 6.45) is -0.0721. The molecule has 0 aliphatic heterocycles. The second kappa shape index (κ2) is 7.12. The van der Waals surface area contributed by atoms with Gasteiger partial charge in [-0.15, -0.1) is 0 Å². The zero-order valence-corrected chi connectivity index (χ0v) is 11.9. The summed E-state index contributed by atoms with van der Waals surface area (Å²) in [5.41, 5.74) is -0.443. The van der Waals surface area contributed by atoms with Crippen LogP contribution in [0.25, 0.3) is 0 Å². The van der Waals surface area contributed by atoms with Crippen molar-refractivity contribution in [3.8, 4) is 6.07 Å². The molecule has 1 unspecified atom stereocenters. The Balaban J connectivity index is 3.05. The van der Waals surface area contributed by atoms with Crippen LogP contribution in [-0.2, 0) is 19.6 Å². The molecule has 1 aromatic rings. The summed E-state index contributed by atoms with van der Waals surface area (Å²) in [5, 5.41) is 17.6. The van der Waals surface area contributed by atoms with Gasteiger partial charge in [-0.05, 0) is 24.6 Å². The zero-order chi connectivity index (χ0) is 16.0. The Bertz CT molecular complexity index is 669. The van der Waals surface area contributed by atoms with Crippen LogP contribution >= 0.6 is 0 Å². The molecule has 0 spiro atoms. The third kappa shape index (κ3) is 4.49. The Hall–Kier alpha value is -2.02. The van der Waals surface area contributed by atoms with Gasteiger partial charge in [0.15, 0.2) is 0 Å². The normalized spacial score (nSPS) is 12.6. The van der Waals surface area contributed by atoms with E-state index in [0.717, 1.165) is 18.2 Å². The Morgan fingerprint density at radius 1 is 1.57 bits per heavy atom. The molecule has 0 fully saturated rings. The molecule has 0 radical (unpaired) electrons. The van der Waals surface area contributed by atoms with Crippen molar-refractivity contribution in [2.75, 3.05) is 13.7 Å². The molecule has 0 aliphatic rings. The molecular formula is C12H13FN2O5S. The number of halogens is 1. The van der Waals surface area contributed by atoms with E-state index in [4.69, 9.17) is 15.1 Å². The van der Waals surface area contributed by atoms with Gasteiger partial charge >= 0.3 is 5.97 Å². The van der Waals surface area contributed by atoms with Crippen LogP contribution in [0.4, 0.5) is 4.39 Å². The second-order valence-electron chi connectivity index (χ2n) is 4.05. The Labute approximate surface area is 121 Å². The van der Waals surface area contributed by atoms with E-state index in [1.807, 2.05) is 4.72 Å². The van der Waals surface area contributed by atoms with E-state index in [9.17, 15) is 17.6 Å². The second-order valence-corrected chi connectivity index (χ2v) is 5.76. The predicted octanol–water partition coefficient (Wildman–Crippen LogP) is 0.465. The van der Waals surface area contributed by atoms with Gasteiger partial charge in [-0.25, -0.2) is 12.8 Å². The van der Waals surface area contributed by atoms with Crippen molar-refractivity contribution in [2.24, 2.45) is 0 Å². The van der Waals surface area contributed by atoms with Crippen LogP contribution in [0.1, 0.15) is 12.0 Å². The molecule has 7 nitrogen and oxygen atoms in total. The van der Waals surface area contributed by atoms with Gasteiger partial charge in [0.25, 0.3) is 0 Å². The highest BCUT2D eigenvalue weighted by Gasteiger charge is 2.25. The average Bonchev–Trinajstić information content (AvgIpc) is 2.43. The Morgan fingerprint density at radius 3 is 2.76 bits per heavy atom. The summed E-state index contributed by atoms with van der Waals surface area (Å²) in [6, 6.07) is 2.75. The van der Waals surface area contributed by atoms with Crippen molar-refractivity contribution in [1.29, 1.82) is 5.26 Å². The zero-order valence-electron chi connectivity index (χ0n) is 11.0. The first-order valence-corrected chi connectivity index (χ1v) is 7.24. The first-order valence-electron chi connectivity index (χ1n) is 5.75. The lowest BCUT2D eigenvalue weighted by Crippen LogP contribution is -2.41. The highest BCUT2D eigenvalue weighted by Crippen LogP contribution is 2.15. The molecule has 0 heterocycles. The summed E-state index contributed by atoms with van der Waals surface area (Å²) < 4.78 is 43.9. The number of methoxy groups -OCH3 is 1. The fourth-order valence-electron chi connectivity index (χ4n) is 1.48. The SMILES string of the molecule is COCCC(NS(=O)(=O)c1ccc(F)c(C#N)c1)C(=O)O. The van der Waals surface area contributed by atoms with Crippen LogP contribution in [-0.4, -0.2) is 39.3 Å². The molecule has 0 saturated carbocycles. The average molecular weight is 316 g/mol. The monoisotopic (exact) mass is 316 g/mol. The third-order valence-electron chi connectivity index (χ3n) is 2.57. The van der Waals surface area contributed by atoms with Gasteiger partial charge in [0.2, 0.25) is 10.0 Å². The molecule has 0 bridgehead atoms. The maximum atomic E-state index is 13.2. The first-order chi connectivity index (χ1) is 9.81. The summed E-state index contributed by atoms with van der Waals surface area (Å²) in [5.74, 6) is -2.22. The molecule has 2 N–H and O–H groups in total. The maximum absolute atomic E-state index is 13.2. The largest absolute Gasteiger partial charge is 0.480 e. The minimum Gasteiger partial charge on any atom is -0.480 e. The summed E-state index contributed by atoms with van der Waals surface area (Å²) in [6.45, 7) is 0.0480. The number of aliphatic carboxylic acids is 1. The number of nitrogens with one attached hydrogen (secondary N) is 1. The van der Waals surface area contributed by atoms with Gasteiger partial charge in [0.05, 0.1) is 10.5 Å². The van der Waals surface area contributed by atoms with E-state index in [1.54, 1.807) is 0 Å². The van der Waals surface area contributed by atoms with Crippen molar-refractivity contribution >= 4 is 16.0 Å². The predicted molar refractivity (Wildman–Crippen MR) is 69.4 cm³/mol. The van der Waals surface area contributed by atoms with E-state index in [-0.39, 0.29) is 17.9 Å². The van der Waals surface area contributed by atoms with Gasteiger partial charge in [-0.2, -0.15) is 9.98 Å². The number of benzene rings is 1. The molecule has 1 rings (SSSR count). The number of nitriles is 1. The summed E-state index contributed by atoms with van der Waals surface area (Å²) in [7, 11) is -2.83. The molecular weight excluding hydrogens is 303 g/mol. The van der Waals surface area contributed by atoms with E-state index < -0.39 is 33.4 Å². The summed E-state index contributed by atoms with van der Waals surface area (Å²) in [4.78, 5) is 10.6. The molecule has 21 heavy (non-hydrogen) atoms.